The summed E-state index contributed by atoms with van der Waals surface area (Å²) in [5, 5.41) is 0. The van der Waals surface area contributed by atoms with Crippen molar-refractivity contribution in [3.63, 3.8) is 0 Å². The molecule has 0 aliphatic carbocycles. The summed E-state index contributed by atoms with van der Waals surface area (Å²) < 4.78 is 1.91. The molecule has 0 radical (unpaired) electrons. The first-order valence-electron chi connectivity index (χ1n) is 4.12. The van der Waals surface area contributed by atoms with E-state index < -0.39 is 0 Å². The molecule has 0 bridgehead atoms. The normalized spacial score (nSPS) is 11.0. The van der Waals surface area contributed by atoms with E-state index in [0.29, 0.717) is 5.52 Å². The molecule has 1 N–H and O–H groups in total. The summed E-state index contributed by atoms with van der Waals surface area (Å²) in [5.41, 5.74) is 2.16. The Kier molecular flexibility index (Phi) is 1.52. The van der Waals surface area contributed by atoms with Crippen molar-refractivity contribution in [2.45, 2.75) is 13.8 Å². The number of pyridine rings is 1. The molecule has 0 aromatic carbocycles. The maximum absolute atomic E-state index is 11.4. The monoisotopic (exact) mass is 177 g/mol. The van der Waals surface area contributed by atoms with Gasteiger partial charge in [-0.15, -0.1) is 0 Å². The first kappa shape index (κ1) is 8.04. The van der Waals surface area contributed by atoms with Gasteiger partial charge in [0.15, 0.2) is 5.52 Å². The molecule has 0 unspecified atom stereocenters. The fraction of sp³-hybridized carbons (Fsp3) is 0.333. The van der Waals surface area contributed by atoms with Crippen molar-refractivity contribution in [3.8, 4) is 0 Å². The highest BCUT2D eigenvalue weighted by molar-refractivity contribution is 5.75. The van der Waals surface area contributed by atoms with Gasteiger partial charge in [0, 0.05) is 12.7 Å². The molecule has 0 spiro atoms. The molecule has 0 saturated carbocycles. The minimum Gasteiger partial charge on any atom is -0.331 e. The van der Waals surface area contributed by atoms with Gasteiger partial charge in [-0.2, -0.15) is 0 Å². The molecule has 0 aliphatic rings. The molecule has 2 aromatic rings. The van der Waals surface area contributed by atoms with Gasteiger partial charge in [-0.05, 0) is 19.9 Å². The molecule has 0 aliphatic heterocycles. The van der Waals surface area contributed by atoms with Crippen molar-refractivity contribution in [1.82, 2.24) is 14.5 Å². The van der Waals surface area contributed by atoms with Crippen LogP contribution in [0, 0.1) is 13.8 Å². The Morgan fingerprint density at radius 2 is 2.15 bits per heavy atom. The fourth-order valence-corrected chi connectivity index (χ4v) is 1.44. The summed E-state index contributed by atoms with van der Waals surface area (Å²) >= 11 is 0. The van der Waals surface area contributed by atoms with E-state index in [2.05, 4.69) is 9.97 Å². The van der Waals surface area contributed by atoms with Gasteiger partial charge in [-0.1, -0.05) is 0 Å². The Balaban J connectivity index is 3.03. The number of aromatic amines is 1. The van der Waals surface area contributed by atoms with E-state index in [1.165, 1.54) is 0 Å². The summed E-state index contributed by atoms with van der Waals surface area (Å²) in [5.74, 6) is 0.853. The number of hydrogen-bond acceptors (Lipinski definition) is 2. The number of nitrogens with zero attached hydrogens (tertiary/aromatic N) is 2. The van der Waals surface area contributed by atoms with Gasteiger partial charge in [-0.3, -0.25) is 4.79 Å². The summed E-state index contributed by atoms with van der Waals surface area (Å²) in [4.78, 5) is 18.3. The second-order valence-electron chi connectivity index (χ2n) is 3.23. The zero-order valence-electron chi connectivity index (χ0n) is 7.88. The van der Waals surface area contributed by atoms with Gasteiger partial charge in [0.25, 0.3) is 5.56 Å². The van der Waals surface area contributed by atoms with E-state index in [4.69, 9.17) is 0 Å². The van der Waals surface area contributed by atoms with Crippen LogP contribution in [0.4, 0.5) is 0 Å². The number of nitrogens with one attached hydrogen (secondary N) is 1. The van der Waals surface area contributed by atoms with Crippen LogP contribution >= 0.6 is 0 Å². The largest absolute Gasteiger partial charge is 0.331 e. The van der Waals surface area contributed by atoms with E-state index in [-0.39, 0.29) is 5.56 Å². The Morgan fingerprint density at radius 3 is 2.85 bits per heavy atom. The second-order valence-corrected chi connectivity index (χ2v) is 3.23. The van der Waals surface area contributed by atoms with Crippen LogP contribution in [0.5, 0.6) is 0 Å². The molecule has 0 fully saturated rings. The van der Waals surface area contributed by atoms with Crippen molar-refractivity contribution in [2.24, 2.45) is 7.05 Å². The molecule has 13 heavy (non-hydrogen) atoms. The highest BCUT2D eigenvalue weighted by Gasteiger charge is 2.07. The molecule has 0 amide bonds. The molecule has 2 rings (SSSR count). The quantitative estimate of drug-likeness (QED) is 0.649. The van der Waals surface area contributed by atoms with Crippen LogP contribution in [0.3, 0.4) is 0 Å². The van der Waals surface area contributed by atoms with Crippen molar-refractivity contribution < 1.29 is 0 Å². The number of fused-ring (bicyclic) bond motifs is 1. The lowest BCUT2D eigenvalue weighted by Gasteiger charge is -1.96. The van der Waals surface area contributed by atoms with Gasteiger partial charge in [0.05, 0.1) is 5.52 Å². The van der Waals surface area contributed by atoms with Gasteiger partial charge < -0.3 is 9.55 Å². The van der Waals surface area contributed by atoms with E-state index >= 15 is 0 Å². The van der Waals surface area contributed by atoms with Crippen LogP contribution in [0.2, 0.25) is 0 Å². The predicted octanol–water partition coefficient (Wildman–Crippen LogP) is 0.878. The highest BCUT2D eigenvalue weighted by atomic mass is 16.1. The Morgan fingerprint density at radius 1 is 1.46 bits per heavy atom. The average molecular weight is 177 g/mol. The average Bonchev–Trinajstić information content (AvgIpc) is 2.32. The molecule has 4 nitrogen and oxygen atoms in total. The van der Waals surface area contributed by atoms with Gasteiger partial charge in [-0.25, -0.2) is 4.98 Å². The van der Waals surface area contributed by atoms with Crippen LogP contribution in [0.1, 0.15) is 11.5 Å². The standard InChI is InChI=1S/C9H11N3O/c1-5-4-7-8(9(13)10-5)11-6(2)12(7)3/h4H,1-3H3,(H,10,13). The lowest BCUT2D eigenvalue weighted by atomic mass is 10.3. The third-order valence-corrected chi connectivity index (χ3v) is 2.24. The number of imidazole rings is 1. The van der Waals surface area contributed by atoms with Crippen molar-refractivity contribution in [1.29, 1.82) is 0 Å². The number of aryl methyl sites for hydroxylation is 3. The SMILES string of the molecule is Cc1cc2c(nc(C)n2C)c(=O)[nH]1. The van der Waals surface area contributed by atoms with Crippen molar-refractivity contribution in [3.05, 3.63) is 27.9 Å². The van der Waals surface area contributed by atoms with Crippen molar-refractivity contribution >= 4 is 11.0 Å². The molecule has 2 heterocycles. The van der Waals surface area contributed by atoms with E-state index in [9.17, 15) is 4.79 Å². The number of aromatic nitrogens is 3. The molecule has 4 heteroatoms. The van der Waals surface area contributed by atoms with Crippen molar-refractivity contribution in [2.75, 3.05) is 0 Å². The van der Waals surface area contributed by atoms with E-state index in [1.54, 1.807) is 0 Å². The van der Waals surface area contributed by atoms with Crippen LogP contribution in [-0.4, -0.2) is 14.5 Å². The molecule has 68 valence electrons. The third-order valence-electron chi connectivity index (χ3n) is 2.24. The van der Waals surface area contributed by atoms with Gasteiger partial charge >= 0.3 is 0 Å². The minimum absolute atomic E-state index is 0.112. The maximum atomic E-state index is 11.4. The molecule has 2 aromatic heterocycles. The van der Waals surface area contributed by atoms with E-state index in [0.717, 1.165) is 17.0 Å². The maximum Gasteiger partial charge on any atom is 0.276 e. The smallest absolute Gasteiger partial charge is 0.276 e. The fourth-order valence-electron chi connectivity index (χ4n) is 1.44. The van der Waals surface area contributed by atoms with E-state index in [1.807, 2.05) is 31.5 Å². The Hall–Kier alpha value is -1.58. The molecule has 0 saturated heterocycles. The second kappa shape index (κ2) is 2.45. The third kappa shape index (κ3) is 1.06. The Labute approximate surface area is 75.2 Å². The topological polar surface area (TPSA) is 50.7 Å². The summed E-state index contributed by atoms with van der Waals surface area (Å²) in [6, 6.07) is 1.93. The predicted molar refractivity (Wildman–Crippen MR) is 50.8 cm³/mol. The molecular weight excluding hydrogens is 166 g/mol. The summed E-state index contributed by atoms with van der Waals surface area (Å²) in [7, 11) is 1.91. The zero-order chi connectivity index (χ0) is 9.59. The molecular formula is C9H11N3O. The summed E-state index contributed by atoms with van der Waals surface area (Å²) in [6.07, 6.45) is 0. The highest BCUT2D eigenvalue weighted by Crippen LogP contribution is 2.10. The van der Waals surface area contributed by atoms with Crippen LogP contribution < -0.4 is 5.56 Å². The van der Waals surface area contributed by atoms with Gasteiger partial charge in [0.1, 0.15) is 5.82 Å². The first-order chi connectivity index (χ1) is 6.09. The molecule has 0 atom stereocenters. The van der Waals surface area contributed by atoms with Crippen LogP contribution in [-0.2, 0) is 7.05 Å². The summed E-state index contributed by atoms with van der Waals surface area (Å²) in [6.45, 7) is 3.75. The first-order valence-corrected chi connectivity index (χ1v) is 4.12. The van der Waals surface area contributed by atoms with Crippen LogP contribution in [0.25, 0.3) is 11.0 Å². The Bertz CT molecular complexity index is 521. The number of rotatable bonds is 0. The number of hydrogen-bond donors (Lipinski definition) is 1. The lowest BCUT2D eigenvalue weighted by molar-refractivity contribution is 0.885. The lowest BCUT2D eigenvalue weighted by Crippen LogP contribution is -2.07. The zero-order valence-corrected chi connectivity index (χ0v) is 7.88. The van der Waals surface area contributed by atoms with Crippen LogP contribution in [0.15, 0.2) is 10.9 Å². The number of H-pyrrole nitrogens is 1. The minimum atomic E-state index is -0.112. The van der Waals surface area contributed by atoms with Gasteiger partial charge in [0.2, 0.25) is 0 Å².